The van der Waals surface area contributed by atoms with Gasteiger partial charge < -0.3 is 30.7 Å². The molecule has 9 nitrogen and oxygen atoms in total. The number of methoxy groups -OCH3 is 1. The number of rotatable bonds is 12. The number of nitrogens with one attached hydrogen (secondary N) is 2. The summed E-state index contributed by atoms with van der Waals surface area (Å²) in [6, 6.07) is 9.22. The Balaban J connectivity index is 2.08. The number of esters is 1. The van der Waals surface area contributed by atoms with E-state index in [0.29, 0.717) is 30.6 Å². The molecule has 0 aliphatic carbocycles. The third kappa shape index (κ3) is 6.98. The highest BCUT2D eigenvalue weighted by atomic mass is 16.5. The number of carbonyl (C=O) groups is 3. The topological polar surface area (TPSA) is 145 Å². The SMILES string of the molecule is COC(=O)C(C)Nc1ccccc1C(=O)[C@H](CC(=O)O)NCCCc1ccc(O)cc1O. The van der Waals surface area contributed by atoms with Crippen molar-refractivity contribution in [2.24, 2.45) is 0 Å². The molecular weight excluding hydrogens is 416 g/mol. The number of hydrogen-bond acceptors (Lipinski definition) is 8. The first-order valence-electron chi connectivity index (χ1n) is 10.2. The van der Waals surface area contributed by atoms with E-state index in [1.165, 1.54) is 19.2 Å². The number of anilines is 1. The predicted molar refractivity (Wildman–Crippen MR) is 118 cm³/mol. The number of phenols is 2. The zero-order valence-corrected chi connectivity index (χ0v) is 18.0. The fourth-order valence-corrected chi connectivity index (χ4v) is 3.23. The van der Waals surface area contributed by atoms with Gasteiger partial charge in [0.25, 0.3) is 0 Å². The first-order chi connectivity index (χ1) is 15.2. The highest BCUT2D eigenvalue weighted by Gasteiger charge is 2.25. The van der Waals surface area contributed by atoms with Crippen LogP contribution in [0.5, 0.6) is 11.5 Å². The number of aryl methyl sites for hydroxylation is 1. The van der Waals surface area contributed by atoms with E-state index in [2.05, 4.69) is 10.6 Å². The Labute approximate surface area is 186 Å². The number of carboxylic acid groups (broad SMARTS) is 1. The number of phenolic OH excluding ortho intramolecular Hbond substituents is 2. The minimum absolute atomic E-state index is 0.0251. The molecule has 0 saturated carbocycles. The standard InChI is InChI=1S/C23H28N2O7/c1-14(23(31)32-2)25-18-8-4-3-7-17(18)22(30)19(13-21(28)29)24-11-5-6-15-9-10-16(26)12-20(15)27/h3-4,7-10,12,14,19,24-27H,5-6,11,13H2,1-2H3,(H,28,29)/t14?,19-/m0/s1. The Morgan fingerprint density at radius 1 is 1.09 bits per heavy atom. The molecule has 172 valence electrons. The van der Waals surface area contributed by atoms with Crippen LogP contribution >= 0.6 is 0 Å². The summed E-state index contributed by atoms with van der Waals surface area (Å²) in [4.78, 5) is 36.2. The maximum atomic E-state index is 13.1. The lowest BCUT2D eigenvalue weighted by Gasteiger charge is -2.20. The zero-order chi connectivity index (χ0) is 23.7. The second-order valence-electron chi connectivity index (χ2n) is 7.32. The molecule has 0 bridgehead atoms. The van der Waals surface area contributed by atoms with Crippen LogP contribution < -0.4 is 10.6 Å². The van der Waals surface area contributed by atoms with E-state index in [9.17, 15) is 29.7 Å². The number of ether oxygens (including phenoxy) is 1. The van der Waals surface area contributed by atoms with Crippen molar-refractivity contribution in [3.8, 4) is 11.5 Å². The molecule has 2 aromatic carbocycles. The van der Waals surface area contributed by atoms with Crippen molar-refractivity contribution in [1.82, 2.24) is 5.32 Å². The van der Waals surface area contributed by atoms with Crippen LogP contribution in [0.2, 0.25) is 0 Å². The molecule has 2 aromatic rings. The van der Waals surface area contributed by atoms with E-state index in [0.717, 1.165) is 0 Å². The van der Waals surface area contributed by atoms with Gasteiger partial charge in [-0.25, -0.2) is 4.79 Å². The molecule has 32 heavy (non-hydrogen) atoms. The van der Waals surface area contributed by atoms with E-state index in [4.69, 9.17) is 4.74 Å². The molecule has 1 unspecified atom stereocenters. The lowest BCUT2D eigenvalue weighted by molar-refractivity contribution is -0.141. The molecule has 0 radical (unpaired) electrons. The summed E-state index contributed by atoms with van der Waals surface area (Å²) < 4.78 is 4.69. The Morgan fingerprint density at radius 2 is 1.81 bits per heavy atom. The van der Waals surface area contributed by atoms with Crippen molar-refractivity contribution in [3.63, 3.8) is 0 Å². The molecule has 2 rings (SSSR count). The average Bonchev–Trinajstić information content (AvgIpc) is 2.76. The quantitative estimate of drug-likeness (QED) is 0.189. The second-order valence-corrected chi connectivity index (χ2v) is 7.32. The first kappa shape index (κ1) is 24.7. The van der Waals surface area contributed by atoms with Gasteiger partial charge in [-0.15, -0.1) is 0 Å². The lowest BCUT2D eigenvalue weighted by atomic mass is 9.99. The highest BCUT2D eigenvalue weighted by molar-refractivity contribution is 6.06. The molecule has 5 N–H and O–H groups in total. The number of hydrogen-bond donors (Lipinski definition) is 5. The van der Waals surface area contributed by atoms with Crippen molar-refractivity contribution in [2.75, 3.05) is 19.0 Å². The van der Waals surface area contributed by atoms with Crippen molar-refractivity contribution in [3.05, 3.63) is 53.6 Å². The van der Waals surface area contributed by atoms with Gasteiger partial charge in [0.1, 0.15) is 17.5 Å². The van der Waals surface area contributed by atoms with E-state index >= 15 is 0 Å². The zero-order valence-electron chi connectivity index (χ0n) is 18.0. The van der Waals surface area contributed by atoms with Crippen molar-refractivity contribution < 1.29 is 34.4 Å². The third-order valence-corrected chi connectivity index (χ3v) is 4.90. The van der Waals surface area contributed by atoms with Crippen molar-refractivity contribution in [1.29, 1.82) is 0 Å². The van der Waals surface area contributed by atoms with Gasteiger partial charge in [0.15, 0.2) is 5.78 Å². The summed E-state index contributed by atoms with van der Waals surface area (Å²) >= 11 is 0. The van der Waals surface area contributed by atoms with Crippen LogP contribution in [0.15, 0.2) is 42.5 Å². The van der Waals surface area contributed by atoms with E-state index in [1.807, 2.05) is 0 Å². The minimum atomic E-state index is -1.12. The number of para-hydroxylation sites is 1. The van der Waals surface area contributed by atoms with Gasteiger partial charge in [-0.2, -0.15) is 0 Å². The third-order valence-electron chi connectivity index (χ3n) is 4.90. The number of aromatic hydroxyl groups is 2. The largest absolute Gasteiger partial charge is 0.508 e. The second kappa shape index (κ2) is 11.7. The van der Waals surface area contributed by atoms with Crippen LogP contribution in [0.4, 0.5) is 5.69 Å². The summed E-state index contributed by atoms with van der Waals surface area (Å²) in [5.41, 5.74) is 1.30. The summed E-state index contributed by atoms with van der Waals surface area (Å²) in [6.45, 7) is 1.93. The van der Waals surface area contributed by atoms with Crippen LogP contribution in [-0.4, -0.2) is 58.8 Å². The molecule has 0 spiro atoms. The Bertz CT molecular complexity index is 961. The smallest absolute Gasteiger partial charge is 0.327 e. The van der Waals surface area contributed by atoms with Crippen LogP contribution in [0.25, 0.3) is 0 Å². The van der Waals surface area contributed by atoms with Crippen molar-refractivity contribution >= 4 is 23.4 Å². The van der Waals surface area contributed by atoms with Gasteiger partial charge >= 0.3 is 11.9 Å². The van der Waals surface area contributed by atoms with Crippen LogP contribution in [0, 0.1) is 0 Å². The maximum absolute atomic E-state index is 13.1. The molecule has 0 heterocycles. The van der Waals surface area contributed by atoms with Gasteiger partial charge in [-0.1, -0.05) is 18.2 Å². The van der Waals surface area contributed by atoms with Crippen LogP contribution in [-0.2, 0) is 20.7 Å². The number of aliphatic carboxylic acids is 1. The van der Waals surface area contributed by atoms with E-state index < -0.39 is 36.2 Å². The number of carboxylic acids is 1. The minimum Gasteiger partial charge on any atom is -0.508 e. The normalized spacial score (nSPS) is 12.6. The Morgan fingerprint density at radius 3 is 2.47 bits per heavy atom. The van der Waals surface area contributed by atoms with Gasteiger partial charge in [0, 0.05) is 17.3 Å². The molecule has 0 aromatic heterocycles. The average molecular weight is 444 g/mol. The summed E-state index contributed by atoms with van der Waals surface area (Å²) in [5, 5.41) is 34.4. The summed E-state index contributed by atoms with van der Waals surface area (Å²) in [6.07, 6.45) is 0.590. The Hall–Kier alpha value is -3.59. The molecule has 0 aliphatic rings. The molecule has 9 heteroatoms. The highest BCUT2D eigenvalue weighted by Crippen LogP contribution is 2.23. The molecule has 0 fully saturated rings. The fourth-order valence-electron chi connectivity index (χ4n) is 3.23. The number of benzene rings is 2. The summed E-state index contributed by atoms with van der Waals surface area (Å²) in [7, 11) is 1.27. The molecule has 0 aliphatic heterocycles. The van der Waals surface area contributed by atoms with Gasteiger partial charge in [-0.05, 0) is 50.1 Å². The number of carbonyl (C=O) groups excluding carboxylic acids is 2. The Kier molecular flexibility index (Phi) is 9.03. The predicted octanol–water partition coefficient (Wildman–Crippen LogP) is 2.32. The fraction of sp³-hybridized carbons (Fsp3) is 0.348. The van der Waals surface area contributed by atoms with Crippen LogP contribution in [0.1, 0.15) is 35.7 Å². The molecule has 2 atom stereocenters. The van der Waals surface area contributed by atoms with Crippen molar-refractivity contribution in [2.45, 2.75) is 38.3 Å². The monoisotopic (exact) mass is 444 g/mol. The molecular formula is C23H28N2O7. The number of Topliss-reactive ketones (excluding diaryl/α,β-unsaturated/α-hetero) is 1. The van der Waals surface area contributed by atoms with Gasteiger partial charge in [-0.3, -0.25) is 9.59 Å². The van der Waals surface area contributed by atoms with Gasteiger partial charge in [0.05, 0.1) is 19.6 Å². The lowest BCUT2D eigenvalue weighted by Crippen LogP contribution is -2.40. The number of ketones is 1. The first-order valence-corrected chi connectivity index (χ1v) is 10.2. The molecule has 0 saturated heterocycles. The molecule has 0 amide bonds. The van der Waals surface area contributed by atoms with E-state index in [-0.39, 0.29) is 17.1 Å². The van der Waals surface area contributed by atoms with E-state index in [1.54, 1.807) is 37.3 Å². The maximum Gasteiger partial charge on any atom is 0.327 e. The van der Waals surface area contributed by atoms with Gasteiger partial charge in [0.2, 0.25) is 0 Å². The summed E-state index contributed by atoms with van der Waals surface area (Å²) in [5.74, 6) is -2.10. The van der Waals surface area contributed by atoms with Crippen LogP contribution in [0.3, 0.4) is 0 Å².